The Labute approximate surface area is 125 Å². The van der Waals surface area contributed by atoms with Crippen molar-refractivity contribution in [1.82, 2.24) is 4.98 Å². The van der Waals surface area contributed by atoms with Gasteiger partial charge in [-0.1, -0.05) is 24.6 Å². The van der Waals surface area contributed by atoms with Crippen LogP contribution in [-0.4, -0.2) is 30.6 Å². The van der Waals surface area contributed by atoms with E-state index in [1.54, 1.807) is 6.07 Å². The van der Waals surface area contributed by atoms with Crippen molar-refractivity contribution in [2.45, 2.75) is 26.7 Å². The summed E-state index contributed by atoms with van der Waals surface area (Å²) in [6.07, 6.45) is 1.96. The molecule has 1 unspecified atom stereocenters. The minimum atomic E-state index is -0.0770. The van der Waals surface area contributed by atoms with E-state index in [9.17, 15) is 4.79 Å². The van der Waals surface area contributed by atoms with Crippen molar-refractivity contribution in [1.29, 1.82) is 0 Å². The predicted molar refractivity (Wildman–Crippen MR) is 80.0 cm³/mol. The average Bonchev–Trinajstić information content (AvgIpc) is 2.47. The molecule has 2 heterocycles. The Morgan fingerprint density at radius 3 is 2.80 bits per heavy atom. The van der Waals surface area contributed by atoms with Crippen molar-refractivity contribution in [3.8, 4) is 0 Å². The standard InChI is InChI=1S/C15H21ClN2O2/c1-3-20-15(19)11(2)12-7-9-18(10-8-12)14-6-4-5-13(16)17-14/h4-6,11-12H,3,7-10H2,1-2H3. The fraction of sp³-hybridized carbons (Fsp3) is 0.600. The highest BCUT2D eigenvalue weighted by molar-refractivity contribution is 6.29. The van der Waals surface area contributed by atoms with Crippen LogP contribution in [0.15, 0.2) is 18.2 Å². The second kappa shape index (κ2) is 6.93. The molecule has 1 aromatic heterocycles. The molecule has 1 atom stereocenters. The summed E-state index contributed by atoms with van der Waals surface area (Å²) in [7, 11) is 0. The van der Waals surface area contributed by atoms with Crippen LogP contribution >= 0.6 is 11.6 Å². The first-order valence-electron chi connectivity index (χ1n) is 7.16. The number of carbonyl (C=O) groups is 1. The number of carbonyl (C=O) groups excluding carboxylic acids is 1. The largest absolute Gasteiger partial charge is 0.466 e. The minimum absolute atomic E-state index is 0.0237. The number of hydrogen-bond donors (Lipinski definition) is 0. The fourth-order valence-corrected chi connectivity index (χ4v) is 2.83. The molecule has 0 amide bonds. The lowest BCUT2D eigenvalue weighted by Crippen LogP contribution is -2.38. The van der Waals surface area contributed by atoms with Gasteiger partial charge in [-0.2, -0.15) is 0 Å². The summed E-state index contributed by atoms with van der Waals surface area (Å²) in [5, 5.41) is 0.518. The van der Waals surface area contributed by atoms with Gasteiger partial charge < -0.3 is 9.64 Å². The molecule has 1 fully saturated rings. The van der Waals surface area contributed by atoms with Crippen molar-refractivity contribution in [2.75, 3.05) is 24.6 Å². The molecule has 110 valence electrons. The Balaban J connectivity index is 1.90. The summed E-state index contributed by atoms with van der Waals surface area (Å²) in [5.74, 6) is 1.21. The molecule has 5 heteroatoms. The second-order valence-corrected chi connectivity index (χ2v) is 5.57. The highest BCUT2D eigenvalue weighted by Crippen LogP contribution is 2.28. The first-order valence-corrected chi connectivity index (χ1v) is 7.53. The van der Waals surface area contributed by atoms with Crippen LogP contribution in [0.1, 0.15) is 26.7 Å². The number of pyridine rings is 1. The summed E-state index contributed by atoms with van der Waals surface area (Å²) in [5.41, 5.74) is 0. The number of halogens is 1. The highest BCUT2D eigenvalue weighted by Gasteiger charge is 2.29. The van der Waals surface area contributed by atoms with Crippen LogP contribution in [0.25, 0.3) is 0 Å². The topological polar surface area (TPSA) is 42.4 Å². The SMILES string of the molecule is CCOC(=O)C(C)C1CCN(c2cccc(Cl)n2)CC1. The summed E-state index contributed by atoms with van der Waals surface area (Å²) in [4.78, 5) is 18.3. The van der Waals surface area contributed by atoms with E-state index in [-0.39, 0.29) is 11.9 Å². The molecule has 1 saturated heterocycles. The molecule has 0 aliphatic carbocycles. The number of ether oxygens (including phenoxy) is 1. The molecule has 1 aliphatic heterocycles. The van der Waals surface area contributed by atoms with E-state index in [0.717, 1.165) is 31.7 Å². The van der Waals surface area contributed by atoms with Gasteiger partial charge in [0.1, 0.15) is 11.0 Å². The summed E-state index contributed by atoms with van der Waals surface area (Å²) in [6.45, 7) is 6.08. The first-order chi connectivity index (χ1) is 9.61. The Morgan fingerprint density at radius 2 is 2.20 bits per heavy atom. The number of nitrogens with zero attached hydrogens (tertiary/aromatic N) is 2. The molecular weight excluding hydrogens is 276 g/mol. The third kappa shape index (κ3) is 3.63. The maximum absolute atomic E-state index is 11.8. The zero-order valence-corrected chi connectivity index (χ0v) is 12.8. The molecule has 0 N–H and O–H groups in total. The number of hydrogen-bond acceptors (Lipinski definition) is 4. The van der Waals surface area contributed by atoms with Gasteiger partial charge in [0.25, 0.3) is 0 Å². The lowest BCUT2D eigenvalue weighted by Gasteiger charge is -2.34. The van der Waals surface area contributed by atoms with Crippen LogP contribution < -0.4 is 4.90 Å². The quantitative estimate of drug-likeness (QED) is 0.632. The predicted octanol–water partition coefficient (Wildman–Crippen LogP) is 3.15. The van der Waals surface area contributed by atoms with E-state index in [2.05, 4.69) is 9.88 Å². The summed E-state index contributed by atoms with van der Waals surface area (Å²) in [6, 6.07) is 5.67. The van der Waals surface area contributed by atoms with Crippen LogP contribution in [0, 0.1) is 11.8 Å². The van der Waals surface area contributed by atoms with Gasteiger partial charge in [-0.15, -0.1) is 0 Å². The van der Waals surface area contributed by atoms with Gasteiger partial charge >= 0.3 is 5.97 Å². The van der Waals surface area contributed by atoms with Crippen molar-refractivity contribution in [3.63, 3.8) is 0 Å². The second-order valence-electron chi connectivity index (χ2n) is 5.18. The molecule has 0 spiro atoms. The molecule has 1 aliphatic rings. The Hall–Kier alpha value is -1.29. The van der Waals surface area contributed by atoms with E-state index >= 15 is 0 Å². The zero-order chi connectivity index (χ0) is 14.5. The molecule has 0 saturated carbocycles. The van der Waals surface area contributed by atoms with Gasteiger partial charge in [0, 0.05) is 13.1 Å². The maximum Gasteiger partial charge on any atom is 0.308 e. The Kier molecular flexibility index (Phi) is 5.24. The number of anilines is 1. The first kappa shape index (κ1) is 15.1. The van der Waals surface area contributed by atoms with Gasteiger partial charge in [0.15, 0.2) is 0 Å². The third-order valence-corrected chi connectivity index (χ3v) is 4.14. The molecule has 20 heavy (non-hydrogen) atoms. The molecule has 4 nitrogen and oxygen atoms in total. The van der Waals surface area contributed by atoms with Gasteiger partial charge in [-0.05, 0) is 37.8 Å². The monoisotopic (exact) mass is 296 g/mol. The lowest BCUT2D eigenvalue weighted by molar-refractivity contribution is -0.149. The van der Waals surface area contributed by atoms with Crippen molar-refractivity contribution in [3.05, 3.63) is 23.4 Å². The zero-order valence-electron chi connectivity index (χ0n) is 12.0. The number of esters is 1. The van der Waals surface area contributed by atoms with Crippen LogP contribution in [0.3, 0.4) is 0 Å². The van der Waals surface area contributed by atoms with Gasteiger partial charge in [0.05, 0.1) is 12.5 Å². The summed E-state index contributed by atoms with van der Waals surface area (Å²) < 4.78 is 5.10. The van der Waals surface area contributed by atoms with E-state index in [4.69, 9.17) is 16.3 Å². The van der Waals surface area contributed by atoms with Gasteiger partial charge in [-0.25, -0.2) is 4.98 Å². The highest BCUT2D eigenvalue weighted by atomic mass is 35.5. The minimum Gasteiger partial charge on any atom is -0.466 e. The molecular formula is C15H21ClN2O2. The Bertz CT molecular complexity index is 459. The smallest absolute Gasteiger partial charge is 0.308 e. The molecule has 1 aromatic rings. The Morgan fingerprint density at radius 1 is 1.50 bits per heavy atom. The van der Waals surface area contributed by atoms with E-state index < -0.39 is 0 Å². The molecule has 0 radical (unpaired) electrons. The number of rotatable bonds is 4. The maximum atomic E-state index is 11.8. The van der Waals surface area contributed by atoms with E-state index in [1.165, 1.54) is 0 Å². The number of aromatic nitrogens is 1. The van der Waals surface area contributed by atoms with E-state index in [1.807, 2.05) is 26.0 Å². The lowest BCUT2D eigenvalue weighted by atomic mass is 9.85. The summed E-state index contributed by atoms with van der Waals surface area (Å²) >= 11 is 5.92. The van der Waals surface area contributed by atoms with Gasteiger partial charge in [-0.3, -0.25) is 4.79 Å². The van der Waals surface area contributed by atoms with Crippen LogP contribution in [0.5, 0.6) is 0 Å². The van der Waals surface area contributed by atoms with Crippen LogP contribution in [0.2, 0.25) is 5.15 Å². The third-order valence-electron chi connectivity index (χ3n) is 3.93. The van der Waals surface area contributed by atoms with Crippen LogP contribution in [-0.2, 0) is 9.53 Å². The van der Waals surface area contributed by atoms with Crippen molar-refractivity contribution >= 4 is 23.4 Å². The molecule has 2 rings (SSSR count). The molecule has 0 aromatic carbocycles. The van der Waals surface area contributed by atoms with Crippen molar-refractivity contribution in [2.24, 2.45) is 11.8 Å². The van der Waals surface area contributed by atoms with E-state index in [0.29, 0.717) is 17.7 Å². The van der Waals surface area contributed by atoms with Gasteiger partial charge in [0.2, 0.25) is 0 Å². The average molecular weight is 297 g/mol. The number of piperidine rings is 1. The van der Waals surface area contributed by atoms with Crippen LogP contribution in [0.4, 0.5) is 5.82 Å². The van der Waals surface area contributed by atoms with Crippen molar-refractivity contribution < 1.29 is 9.53 Å². The molecule has 0 bridgehead atoms. The normalized spacial score (nSPS) is 17.9. The fourth-order valence-electron chi connectivity index (χ4n) is 2.67.